The van der Waals surface area contributed by atoms with Crippen molar-refractivity contribution in [1.29, 1.82) is 1.28 Å². The molecule has 0 radical (unpaired) electrons. The Bertz CT molecular complexity index is 687. The Hall–Kier alpha value is -1.32. The van der Waals surface area contributed by atoms with Crippen molar-refractivity contribution >= 4 is 8.63 Å². The lowest BCUT2D eigenvalue weighted by atomic mass is 9.68. The quantitative estimate of drug-likeness (QED) is 0.179. The number of hydrogen-bond donors (Lipinski definition) is 0. The largest absolute Gasteiger partial charge is 0.526 e. The molecule has 142 valence electrons. The highest BCUT2D eigenvalue weighted by Gasteiger charge is 2.33. The molecular weight excluding hydrogens is 347 g/mol. The third-order valence-corrected chi connectivity index (χ3v) is 5.17. The molecule has 0 aromatic heterocycles. The van der Waals surface area contributed by atoms with E-state index in [4.69, 9.17) is 10.9 Å². The second-order valence-corrected chi connectivity index (χ2v) is 7.94. The molecule has 1 aromatic carbocycles. The third-order valence-electron chi connectivity index (χ3n) is 5.03. The Morgan fingerprint density at radius 1 is 1.38 bits per heavy atom. The van der Waals surface area contributed by atoms with E-state index in [1.54, 1.807) is 6.92 Å². The molecule has 0 spiro atoms. The summed E-state index contributed by atoms with van der Waals surface area (Å²) in [5, 5.41) is 0. The zero-order valence-electron chi connectivity index (χ0n) is 17.1. The van der Waals surface area contributed by atoms with Gasteiger partial charge in [0.2, 0.25) is 5.79 Å². The van der Waals surface area contributed by atoms with Crippen molar-refractivity contribution in [3.63, 3.8) is 0 Å². The van der Waals surface area contributed by atoms with E-state index in [-0.39, 0.29) is 11.3 Å². The maximum atomic E-state index is 11.0. The minimum absolute atomic E-state index is 0.141. The summed E-state index contributed by atoms with van der Waals surface area (Å²) in [5.74, 6) is -0.953. The topological polar surface area (TPSA) is 44.8 Å². The molecule has 3 atom stereocenters. The van der Waals surface area contributed by atoms with E-state index in [0.717, 1.165) is 18.4 Å². The zero-order valence-corrected chi connectivity index (χ0v) is 17.0. The van der Waals surface area contributed by atoms with Gasteiger partial charge in [0.25, 0.3) is 0 Å². The summed E-state index contributed by atoms with van der Waals surface area (Å²) >= 11 is 0. The lowest BCUT2D eigenvalue weighted by Crippen LogP contribution is -2.32. The Labute approximate surface area is 159 Å². The van der Waals surface area contributed by atoms with E-state index in [9.17, 15) is 4.57 Å². The molecule has 0 fully saturated rings. The predicted octanol–water partition coefficient (Wildman–Crippen LogP) is 5.79. The van der Waals surface area contributed by atoms with Crippen molar-refractivity contribution in [3.8, 4) is 0 Å². The average molecular weight is 379 g/mol. The highest BCUT2D eigenvalue weighted by Crippen LogP contribution is 2.42. The standard InChI is InChI=1S/C21H30O4P/c1-17-9-8-14-20(2,3)19(17)12-15-21(4,24-25-26-22)23-16-13-18-10-6-5-7-11-18/h5-7,9-12,15,19,26H,8,13-14,16H2,1-4H3/q+1/i26T. The van der Waals surface area contributed by atoms with E-state index in [2.05, 4.69) is 37.6 Å². The highest BCUT2D eigenvalue weighted by atomic mass is 31.1. The number of rotatable bonds is 9. The first-order chi connectivity index (χ1) is 12.7. The van der Waals surface area contributed by atoms with Crippen LogP contribution in [0.3, 0.4) is 0 Å². The smallest absolute Gasteiger partial charge is 0.344 e. The second kappa shape index (κ2) is 9.57. The molecule has 3 unspecified atom stereocenters. The van der Waals surface area contributed by atoms with Gasteiger partial charge in [-0.05, 0) is 54.7 Å². The van der Waals surface area contributed by atoms with Gasteiger partial charge in [-0.25, -0.2) is 0 Å². The van der Waals surface area contributed by atoms with Crippen LogP contribution in [-0.2, 0) is 25.3 Å². The fourth-order valence-electron chi connectivity index (χ4n) is 3.46. The van der Waals surface area contributed by atoms with Crippen LogP contribution in [0.4, 0.5) is 0 Å². The van der Waals surface area contributed by atoms with Crippen LogP contribution in [-0.4, -0.2) is 13.7 Å². The van der Waals surface area contributed by atoms with Gasteiger partial charge in [0.15, 0.2) is 0 Å². The molecule has 0 saturated carbocycles. The monoisotopic (exact) mass is 379 g/mol. The fourth-order valence-corrected chi connectivity index (χ4v) is 3.64. The van der Waals surface area contributed by atoms with Gasteiger partial charge in [0, 0.05) is 10.6 Å². The molecule has 1 aromatic rings. The van der Waals surface area contributed by atoms with Crippen molar-refractivity contribution in [2.45, 2.75) is 52.7 Å². The van der Waals surface area contributed by atoms with E-state index < -0.39 is 14.4 Å². The summed E-state index contributed by atoms with van der Waals surface area (Å²) in [6, 6.07) is 10.0. The molecule has 0 saturated heterocycles. The molecule has 0 bridgehead atoms. The van der Waals surface area contributed by atoms with Crippen LogP contribution in [0.1, 0.15) is 46.1 Å². The summed E-state index contributed by atoms with van der Waals surface area (Å²) in [4.78, 5) is 5.22. The van der Waals surface area contributed by atoms with Gasteiger partial charge in [0.1, 0.15) is 0 Å². The van der Waals surface area contributed by atoms with Crippen molar-refractivity contribution in [1.82, 2.24) is 0 Å². The van der Waals surface area contributed by atoms with Crippen LogP contribution in [0.15, 0.2) is 54.1 Å². The van der Waals surface area contributed by atoms with Crippen LogP contribution < -0.4 is 0 Å². The van der Waals surface area contributed by atoms with Crippen LogP contribution in [0.5, 0.6) is 0 Å². The number of allylic oxidation sites excluding steroid dienone is 3. The van der Waals surface area contributed by atoms with Gasteiger partial charge < -0.3 is 4.74 Å². The molecule has 0 amide bonds. The van der Waals surface area contributed by atoms with Crippen LogP contribution in [0.25, 0.3) is 0 Å². The van der Waals surface area contributed by atoms with Gasteiger partial charge in [-0.2, -0.15) is 0 Å². The SMILES string of the molecule is [3H][P+](=O)OOC(C)(C=CC1C(C)=CCCC1(C)C)OCCc1ccccc1. The molecular formula is C21H30O4P+. The Morgan fingerprint density at radius 2 is 2.12 bits per heavy atom. The molecule has 0 N–H and O–H groups in total. The fraction of sp³-hybridized carbons (Fsp3) is 0.524. The lowest BCUT2D eigenvalue weighted by Gasteiger charge is -2.37. The molecule has 1 aliphatic carbocycles. The van der Waals surface area contributed by atoms with Crippen LogP contribution >= 0.6 is 8.63 Å². The van der Waals surface area contributed by atoms with E-state index >= 15 is 0 Å². The minimum atomic E-state index is -2.62. The molecule has 26 heavy (non-hydrogen) atoms. The summed E-state index contributed by atoms with van der Waals surface area (Å²) < 4.78 is 28.6. The first kappa shape index (κ1) is 19.4. The van der Waals surface area contributed by atoms with E-state index in [1.165, 1.54) is 5.57 Å². The maximum Gasteiger partial charge on any atom is 0.526 e. The van der Waals surface area contributed by atoms with Crippen molar-refractivity contribution < 1.29 is 18.9 Å². The zero-order chi connectivity index (χ0) is 19.9. The number of hydrogen-bond acceptors (Lipinski definition) is 4. The summed E-state index contributed by atoms with van der Waals surface area (Å²) in [6.07, 6.45) is 9.08. The average Bonchev–Trinajstić information content (AvgIpc) is 2.60. The Balaban J connectivity index is 2.08. The second-order valence-electron chi connectivity index (χ2n) is 7.64. The Kier molecular flexibility index (Phi) is 7.15. The first-order valence-corrected chi connectivity index (χ1v) is 9.81. The molecule has 4 nitrogen and oxygen atoms in total. The molecule has 0 aliphatic heterocycles. The van der Waals surface area contributed by atoms with Gasteiger partial charge in [-0.3, -0.25) is 0 Å². The summed E-state index contributed by atoms with van der Waals surface area (Å²) in [7, 11) is -2.62. The van der Waals surface area contributed by atoms with Crippen LogP contribution in [0.2, 0.25) is 0 Å². The third kappa shape index (κ3) is 6.14. The number of ether oxygens (including phenoxy) is 1. The van der Waals surface area contributed by atoms with Gasteiger partial charge in [-0.15, -0.1) is 4.89 Å². The molecule has 0 heterocycles. The molecule has 1 aliphatic rings. The minimum Gasteiger partial charge on any atom is -0.344 e. The van der Waals surface area contributed by atoms with Crippen molar-refractivity contribution in [2.24, 2.45) is 11.3 Å². The highest BCUT2D eigenvalue weighted by molar-refractivity contribution is 7.17. The predicted molar refractivity (Wildman–Crippen MR) is 105 cm³/mol. The number of benzene rings is 1. The van der Waals surface area contributed by atoms with Gasteiger partial charge in [-0.1, -0.05) is 61.9 Å². The summed E-state index contributed by atoms with van der Waals surface area (Å²) in [6.45, 7) is 8.77. The normalized spacial score (nSPS) is 23.2. The molecule has 2 rings (SSSR count). The first-order valence-electron chi connectivity index (χ1n) is 9.52. The lowest BCUT2D eigenvalue weighted by molar-refractivity contribution is -0.348. The van der Waals surface area contributed by atoms with Crippen molar-refractivity contribution in [3.05, 3.63) is 59.7 Å². The molecule has 5 heteroatoms. The van der Waals surface area contributed by atoms with Crippen LogP contribution in [0, 0.1) is 11.3 Å². The van der Waals surface area contributed by atoms with E-state index in [1.807, 2.05) is 36.4 Å². The summed E-state index contributed by atoms with van der Waals surface area (Å²) in [5.41, 5.74) is 2.62. The van der Waals surface area contributed by atoms with Crippen molar-refractivity contribution in [2.75, 3.05) is 6.61 Å². The van der Waals surface area contributed by atoms with Gasteiger partial charge >= 0.3 is 9.91 Å². The Morgan fingerprint density at radius 3 is 2.77 bits per heavy atom. The maximum absolute atomic E-state index is 11.0. The van der Waals surface area contributed by atoms with Gasteiger partial charge in [0.05, 0.1) is 6.61 Å². The van der Waals surface area contributed by atoms with E-state index in [0.29, 0.717) is 13.0 Å².